The molecule has 1 N–H and O–H groups in total. The van der Waals surface area contributed by atoms with Gasteiger partial charge < -0.3 is 5.11 Å². The van der Waals surface area contributed by atoms with Gasteiger partial charge in [-0.25, -0.2) is 9.78 Å². The summed E-state index contributed by atoms with van der Waals surface area (Å²) in [6.07, 6.45) is 1.48. The quantitative estimate of drug-likeness (QED) is 0.828. The van der Waals surface area contributed by atoms with E-state index in [1.807, 2.05) is 31.2 Å². The molecule has 0 fully saturated rings. The molecule has 0 saturated carbocycles. The fourth-order valence-electron chi connectivity index (χ4n) is 1.57. The first-order valence-corrected chi connectivity index (χ1v) is 5.41. The minimum atomic E-state index is -1.01. The van der Waals surface area contributed by atoms with E-state index in [-0.39, 0.29) is 10.7 Å². The van der Waals surface area contributed by atoms with Crippen LogP contribution in [0.15, 0.2) is 36.5 Å². The first-order valence-electron chi connectivity index (χ1n) is 5.04. The lowest BCUT2D eigenvalue weighted by atomic mass is 10.0. The highest BCUT2D eigenvalue weighted by atomic mass is 35.5. The Labute approximate surface area is 104 Å². The summed E-state index contributed by atoms with van der Waals surface area (Å²) in [4.78, 5) is 15.1. The predicted octanol–water partition coefficient (Wildman–Crippen LogP) is 3.41. The fraction of sp³-hybridized carbons (Fsp3) is 0.0769. The van der Waals surface area contributed by atoms with Crippen LogP contribution in [0.4, 0.5) is 0 Å². The molecule has 0 aliphatic heterocycles. The van der Waals surface area contributed by atoms with Gasteiger partial charge in [0.15, 0.2) is 0 Å². The Bertz CT molecular complexity index is 564. The molecule has 0 unspecified atom stereocenters. The summed E-state index contributed by atoms with van der Waals surface area (Å²) in [7, 11) is 0. The van der Waals surface area contributed by atoms with Crippen molar-refractivity contribution in [2.24, 2.45) is 0 Å². The SMILES string of the molecule is Cc1ccc(-c2cnc(Cl)cc2C(=O)O)cc1. The van der Waals surface area contributed by atoms with Crippen LogP contribution in [-0.2, 0) is 0 Å². The Hall–Kier alpha value is -1.87. The molecule has 1 aromatic heterocycles. The van der Waals surface area contributed by atoms with E-state index in [2.05, 4.69) is 4.98 Å². The molecule has 0 spiro atoms. The van der Waals surface area contributed by atoms with E-state index in [1.165, 1.54) is 12.3 Å². The topological polar surface area (TPSA) is 50.2 Å². The summed E-state index contributed by atoms with van der Waals surface area (Å²) in [6.45, 7) is 1.97. The predicted molar refractivity (Wildman–Crippen MR) is 66.4 cm³/mol. The van der Waals surface area contributed by atoms with Crippen molar-refractivity contribution in [3.05, 3.63) is 52.8 Å². The number of aromatic carboxylic acids is 1. The smallest absolute Gasteiger partial charge is 0.336 e. The van der Waals surface area contributed by atoms with Gasteiger partial charge in [0.1, 0.15) is 5.15 Å². The van der Waals surface area contributed by atoms with Crippen molar-refractivity contribution in [2.75, 3.05) is 0 Å². The van der Waals surface area contributed by atoms with Gasteiger partial charge in [0.2, 0.25) is 0 Å². The number of benzene rings is 1. The number of rotatable bonds is 2. The van der Waals surface area contributed by atoms with Crippen LogP contribution in [0.1, 0.15) is 15.9 Å². The van der Waals surface area contributed by atoms with Crippen molar-refractivity contribution in [1.82, 2.24) is 4.98 Å². The molecule has 0 amide bonds. The minimum Gasteiger partial charge on any atom is -0.478 e. The number of halogens is 1. The average molecular weight is 248 g/mol. The molecule has 1 heterocycles. The summed E-state index contributed by atoms with van der Waals surface area (Å²) in [5.41, 5.74) is 2.67. The Morgan fingerprint density at radius 3 is 2.53 bits per heavy atom. The van der Waals surface area contributed by atoms with Gasteiger partial charge in [-0.3, -0.25) is 0 Å². The van der Waals surface area contributed by atoms with E-state index in [9.17, 15) is 4.79 Å². The van der Waals surface area contributed by atoms with Crippen molar-refractivity contribution in [1.29, 1.82) is 0 Å². The van der Waals surface area contributed by atoms with Crippen molar-refractivity contribution in [3.8, 4) is 11.1 Å². The van der Waals surface area contributed by atoms with Crippen LogP contribution in [-0.4, -0.2) is 16.1 Å². The lowest BCUT2D eigenvalue weighted by Gasteiger charge is -2.06. The van der Waals surface area contributed by atoms with Crippen molar-refractivity contribution >= 4 is 17.6 Å². The van der Waals surface area contributed by atoms with E-state index in [1.54, 1.807) is 0 Å². The number of carbonyl (C=O) groups is 1. The second kappa shape index (κ2) is 4.55. The highest BCUT2D eigenvalue weighted by Gasteiger charge is 2.12. The van der Waals surface area contributed by atoms with Crippen LogP contribution in [0.2, 0.25) is 5.15 Å². The fourth-order valence-corrected chi connectivity index (χ4v) is 1.73. The van der Waals surface area contributed by atoms with E-state index in [0.717, 1.165) is 11.1 Å². The Balaban J connectivity index is 2.58. The zero-order chi connectivity index (χ0) is 12.4. The van der Waals surface area contributed by atoms with Gasteiger partial charge in [0.05, 0.1) is 5.56 Å². The standard InChI is InChI=1S/C13H10ClNO2/c1-8-2-4-9(5-3-8)11-7-15-12(14)6-10(11)13(16)17/h2-7H,1H3,(H,16,17). The summed E-state index contributed by atoms with van der Waals surface area (Å²) >= 11 is 5.70. The van der Waals surface area contributed by atoms with E-state index in [0.29, 0.717) is 5.56 Å². The van der Waals surface area contributed by atoms with E-state index in [4.69, 9.17) is 16.7 Å². The summed E-state index contributed by atoms with van der Waals surface area (Å²) in [5.74, 6) is -1.01. The van der Waals surface area contributed by atoms with Crippen LogP contribution in [0.5, 0.6) is 0 Å². The van der Waals surface area contributed by atoms with Gasteiger partial charge >= 0.3 is 5.97 Å². The van der Waals surface area contributed by atoms with Crippen molar-refractivity contribution in [3.63, 3.8) is 0 Å². The van der Waals surface area contributed by atoms with Gasteiger partial charge in [-0.05, 0) is 18.6 Å². The molecule has 0 radical (unpaired) electrons. The number of aromatic nitrogens is 1. The third kappa shape index (κ3) is 2.45. The molecule has 0 saturated heterocycles. The monoisotopic (exact) mass is 247 g/mol. The molecule has 2 rings (SSSR count). The highest BCUT2D eigenvalue weighted by molar-refractivity contribution is 6.29. The molecule has 3 nitrogen and oxygen atoms in total. The maximum atomic E-state index is 11.1. The molecule has 86 valence electrons. The number of carboxylic acid groups (broad SMARTS) is 1. The van der Waals surface area contributed by atoms with E-state index >= 15 is 0 Å². The summed E-state index contributed by atoms with van der Waals surface area (Å²) in [5, 5.41) is 9.30. The summed E-state index contributed by atoms with van der Waals surface area (Å²) < 4.78 is 0. The second-order valence-corrected chi connectivity index (χ2v) is 4.11. The number of pyridine rings is 1. The molecule has 0 bridgehead atoms. The van der Waals surface area contributed by atoms with Gasteiger partial charge in [-0.2, -0.15) is 0 Å². The Morgan fingerprint density at radius 1 is 1.29 bits per heavy atom. The molecule has 1 aromatic carbocycles. The summed E-state index contributed by atoms with van der Waals surface area (Å²) in [6, 6.07) is 8.95. The molecule has 0 aliphatic rings. The molecular weight excluding hydrogens is 238 g/mol. The zero-order valence-electron chi connectivity index (χ0n) is 9.14. The van der Waals surface area contributed by atoms with Crippen LogP contribution in [0.3, 0.4) is 0 Å². The molecule has 17 heavy (non-hydrogen) atoms. The lowest BCUT2D eigenvalue weighted by Crippen LogP contribution is -2.00. The first kappa shape index (κ1) is 11.6. The molecule has 2 aromatic rings. The maximum absolute atomic E-state index is 11.1. The second-order valence-electron chi connectivity index (χ2n) is 3.72. The van der Waals surface area contributed by atoms with Crippen LogP contribution in [0, 0.1) is 6.92 Å². The number of aryl methyl sites for hydroxylation is 1. The first-order chi connectivity index (χ1) is 8.08. The zero-order valence-corrected chi connectivity index (χ0v) is 9.90. The third-order valence-electron chi connectivity index (χ3n) is 2.46. The molecule has 4 heteroatoms. The maximum Gasteiger partial charge on any atom is 0.336 e. The molecule has 0 aliphatic carbocycles. The number of hydrogen-bond donors (Lipinski definition) is 1. The Kier molecular flexibility index (Phi) is 3.11. The van der Waals surface area contributed by atoms with Crippen LogP contribution >= 0.6 is 11.6 Å². The van der Waals surface area contributed by atoms with Gasteiger partial charge in [0.25, 0.3) is 0 Å². The van der Waals surface area contributed by atoms with Crippen LogP contribution in [0.25, 0.3) is 11.1 Å². The lowest BCUT2D eigenvalue weighted by molar-refractivity contribution is 0.0697. The largest absolute Gasteiger partial charge is 0.478 e. The van der Waals surface area contributed by atoms with Gasteiger partial charge in [-0.1, -0.05) is 41.4 Å². The number of nitrogens with zero attached hydrogens (tertiary/aromatic N) is 1. The van der Waals surface area contributed by atoms with Gasteiger partial charge in [0, 0.05) is 11.8 Å². The van der Waals surface area contributed by atoms with Crippen molar-refractivity contribution in [2.45, 2.75) is 6.92 Å². The van der Waals surface area contributed by atoms with Gasteiger partial charge in [-0.15, -0.1) is 0 Å². The Morgan fingerprint density at radius 2 is 1.94 bits per heavy atom. The van der Waals surface area contributed by atoms with E-state index < -0.39 is 5.97 Å². The molecular formula is C13H10ClNO2. The normalized spacial score (nSPS) is 10.2. The number of carboxylic acids is 1. The van der Waals surface area contributed by atoms with Crippen molar-refractivity contribution < 1.29 is 9.90 Å². The van der Waals surface area contributed by atoms with Crippen LogP contribution < -0.4 is 0 Å². The minimum absolute atomic E-state index is 0.161. The number of hydrogen-bond acceptors (Lipinski definition) is 2. The third-order valence-corrected chi connectivity index (χ3v) is 2.67. The highest BCUT2D eigenvalue weighted by Crippen LogP contribution is 2.25. The average Bonchev–Trinajstić information content (AvgIpc) is 2.30. The molecule has 0 atom stereocenters.